The second kappa shape index (κ2) is 5.58. The van der Waals surface area contributed by atoms with Crippen molar-refractivity contribution in [3.63, 3.8) is 0 Å². The van der Waals surface area contributed by atoms with E-state index in [-0.39, 0.29) is 6.61 Å². The highest BCUT2D eigenvalue weighted by molar-refractivity contribution is 5.79. The minimum Gasteiger partial charge on any atom is -0.482 e. The van der Waals surface area contributed by atoms with Crippen molar-refractivity contribution in [2.45, 2.75) is 0 Å². The summed E-state index contributed by atoms with van der Waals surface area (Å²) in [5.74, 6) is -0.507. The van der Waals surface area contributed by atoms with Gasteiger partial charge in [-0.2, -0.15) is 5.10 Å². The Morgan fingerprint density at radius 3 is 2.61 bits per heavy atom. The molecule has 0 saturated heterocycles. The smallest absolute Gasteiger partial charge is 0.341 e. The molecule has 92 valence electrons. The fourth-order valence-corrected chi connectivity index (χ4v) is 1.18. The van der Waals surface area contributed by atoms with Crippen LogP contribution in [0.1, 0.15) is 5.56 Å². The van der Waals surface area contributed by atoms with Crippen LogP contribution in [0, 0.1) is 0 Å². The van der Waals surface area contributed by atoms with E-state index in [1.165, 1.54) is 17.3 Å². The van der Waals surface area contributed by atoms with Gasteiger partial charge in [0.25, 0.3) is 0 Å². The fraction of sp³-hybridized carbons (Fsp3) is 0.0909. The van der Waals surface area contributed by atoms with Gasteiger partial charge < -0.3 is 9.84 Å². The van der Waals surface area contributed by atoms with Crippen LogP contribution >= 0.6 is 0 Å². The highest BCUT2D eigenvalue weighted by Gasteiger charge is 1.98. The van der Waals surface area contributed by atoms with Crippen LogP contribution in [-0.4, -0.2) is 38.8 Å². The molecule has 1 aromatic heterocycles. The summed E-state index contributed by atoms with van der Waals surface area (Å²) in [6.45, 7) is -0.353. The van der Waals surface area contributed by atoms with Crippen molar-refractivity contribution in [3.05, 3.63) is 42.5 Å². The number of rotatable bonds is 5. The number of hydrogen-bond donors (Lipinski definition) is 1. The largest absolute Gasteiger partial charge is 0.482 e. The number of benzene rings is 1. The zero-order valence-electron chi connectivity index (χ0n) is 9.30. The molecule has 0 unspecified atom stereocenters. The van der Waals surface area contributed by atoms with Crippen molar-refractivity contribution < 1.29 is 14.6 Å². The molecule has 0 aliphatic heterocycles. The Bertz CT molecular complexity index is 534. The van der Waals surface area contributed by atoms with Crippen LogP contribution in [0.4, 0.5) is 0 Å². The number of carboxylic acids is 1. The van der Waals surface area contributed by atoms with Gasteiger partial charge in [0, 0.05) is 0 Å². The lowest BCUT2D eigenvalue weighted by Gasteiger charge is -2.02. The maximum absolute atomic E-state index is 10.3. The third-order valence-corrected chi connectivity index (χ3v) is 1.99. The molecular formula is C11H10N4O3. The summed E-state index contributed by atoms with van der Waals surface area (Å²) in [6, 6.07) is 6.89. The SMILES string of the molecule is O=C(O)COc1ccc(/C=N\n2cnnc2)cc1. The molecule has 0 atom stereocenters. The van der Waals surface area contributed by atoms with Gasteiger partial charge in [0.1, 0.15) is 18.4 Å². The van der Waals surface area contributed by atoms with Crippen LogP contribution in [0.25, 0.3) is 0 Å². The molecule has 2 rings (SSSR count). The molecule has 7 heteroatoms. The molecule has 7 nitrogen and oxygen atoms in total. The molecule has 0 amide bonds. The average Bonchev–Trinajstić information content (AvgIpc) is 2.88. The molecule has 1 heterocycles. The monoisotopic (exact) mass is 246 g/mol. The maximum atomic E-state index is 10.3. The van der Waals surface area contributed by atoms with E-state index in [0.717, 1.165) is 5.56 Å². The Labute approximate surface area is 102 Å². The quantitative estimate of drug-likeness (QED) is 0.781. The number of aromatic nitrogens is 3. The van der Waals surface area contributed by atoms with E-state index >= 15 is 0 Å². The van der Waals surface area contributed by atoms with Crippen LogP contribution in [0.15, 0.2) is 42.0 Å². The lowest BCUT2D eigenvalue weighted by Crippen LogP contribution is -2.09. The number of hydrogen-bond acceptors (Lipinski definition) is 5. The predicted octanol–water partition coefficient (Wildman–Crippen LogP) is 0.624. The van der Waals surface area contributed by atoms with Crippen LogP contribution in [0.2, 0.25) is 0 Å². The topological polar surface area (TPSA) is 89.6 Å². The van der Waals surface area contributed by atoms with Gasteiger partial charge in [0.15, 0.2) is 6.61 Å². The Morgan fingerprint density at radius 2 is 2.00 bits per heavy atom. The van der Waals surface area contributed by atoms with Crippen molar-refractivity contribution in [1.29, 1.82) is 0 Å². The normalized spacial score (nSPS) is 10.7. The molecular weight excluding hydrogens is 236 g/mol. The first-order chi connectivity index (χ1) is 8.74. The number of nitrogens with zero attached hydrogens (tertiary/aromatic N) is 4. The van der Waals surface area contributed by atoms with E-state index in [4.69, 9.17) is 9.84 Å². The third kappa shape index (κ3) is 3.41. The molecule has 0 spiro atoms. The van der Waals surface area contributed by atoms with Gasteiger partial charge in [-0.25, -0.2) is 9.47 Å². The highest BCUT2D eigenvalue weighted by Crippen LogP contribution is 2.10. The van der Waals surface area contributed by atoms with Crippen LogP contribution in [0.5, 0.6) is 5.75 Å². The van der Waals surface area contributed by atoms with E-state index in [0.29, 0.717) is 5.75 Å². The molecule has 1 aromatic carbocycles. The average molecular weight is 246 g/mol. The van der Waals surface area contributed by atoms with Crippen molar-refractivity contribution in [2.75, 3.05) is 6.61 Å². The van der Waals surface area contributed by atoms with Crippen LogP contribution in [0.3, 0.4) is 0 Å². The van der Waals surface area contributed by atoms with Gasteiger partial charge in [-0.3, -0.25) is 0 Å². The first-order valence-electron chi connectivity index (χ1n) is 5.08. The number of ether oxygens (including phenoxy) is 1. The Hall–Kier alpha value is -2.70. The molecule has 0 saturated carbocycles. The lowest BCUT2D eigenvalue weighted by atomic mass is 10.2. The van der Waals surface area contributed by atoms with E-state index in [1.54, 1.807) is 30.5 Å². The molecule has 0 aliphatic rings. The second-order valence-corrected chi connectivity index (χ2v) is 3.34. The molecule has 18 heavy (non-hydrogen) atoms. The van der Waals surface area contributed by atoms with Crippen molar-refractivity contribution in [1.82, 2.24) is 14.9 Å². The van der Waals surface area contributed by atoms with Crippen molar-refractivity contribution >= 4 is 12.2 Å². The fourth-order valence-electron chi connectivity index (χ4n) is 1.18. The zero-order valence-corrected chi connectivity index (χ0v) is 9.30. The molecule has 0 bridgehead atoms. The molecule has 0 radical (unpaired) electrons. The lowest BCUT2D eigenvalue weighted by molar-refractivity contribution is -0.139. The Kier molecular flexibility index (Phi) is 3.65. The van der Waals surface area contributed by atoms with Gasteiger partial charge in [-0.15, -0.1) is 10.2 Å². The van der Waals surface area contributed by atoms with E-state index in [2.05, 4.69) is 15.3 Å². The molecule has 1 N–H and O–H groups in total. The summed E-state index contributed by atoms with van der Waals surface area (Å²) in [4.78, 5) is 10.3. The Balaban J connectivity index is 1.97. The van der Waals surface area contributed by atoms with Gasteiger partial charge in [0.2, 0.25) is 0 Å². The first kappa shape index (κ1) is 11.8. The number of carboxylic acid groups (broad SMARTS) is 1. The van der Waals surface area contributed by atoms with Gasteiger partial charge in [0.05, 0.1) is 6.21 Å². The molecule has 0 aliphatic carbocycles. The molecule has 0 fully saturated rings. The number of aliphatic carboxylic acids is 1. The summed E-state index contributed by atoms with van der Waals surface area (Å²) in [5.41, 5.74) is 0.853. The maximum Gasteiger partial charge on any atom is 0.341 e. The zero-order chi connectivity index (χ0) is 12.8. The van der Waals surface area contributed by atoms with Crippen molar-refractivity contribution in [2.24, 2.45) is 5.10 Å². The minimum absolute atomic E-state index is 0.353. The van der Waals surface area contributed by atoms with Gasteiger partial charge >= 0.3 is 5.97 Å². The summed E-state index contributed by atoms with van der Waals surface area (Å²) >= 11 is 0. The highest BCUT2D eigenvalue weighted by atomic mass is 16.5. The third-order valence-electron chi connectivity index (χ3n) is 1.99. The minimum atomic E-state index is -1.01. The summed E-state index contributed by atoms with van der Waals surface area (Å²) < 4.78 is 6.47. The van der Waals surface area contributed by atoms with Crippen molar-refractivity contribution in [3.8, 4) is 5.75 Å². The summed E-state index contributed by atoms with van der Waals surface area (Å²) in [6.07, 6.45) is 4.58. The van der Waals surface area contributed by atoms with Crippen LogP contribution in [-0.2, 0) is 4.79 Å². The Morgan fingerprint density at radius 1 is 1.33 bits per heavy atom. The van der Waals surface area contributed by atoms with E-state index < -0.39 is 5.97 Å². The van der Waals surface area contributed by atoms with E-state index in [9.17, 15) is 4.79 Å². The van der Waals surface area contributed by atoms with Gasteiger partial charge in [-0.1, -0.05) is 0 Å². The standard InChI is InChI=1S/C11H10N4O3/c16-11(17)6-18-10-3-1-9(2-4-10)5-14-15-7-12-13-8-15/h1-5,7-8H,6H2,(H,16,17)/b14-5-. The summed E-state index contributed by atoms with van der Waals surface area (Å²) in [5, 5.41) is 19.8. The predicted molar refractivity (Wildman–Crippen MR) is 62.6 cm³/mol. The van der Waals surface area contributed by atoms with E-state index in [1.807, 2.05) is 0 Å². The first-order valence-corrected chi connectivity index (χ1v) is 5.08. The second-order valence-electron chi connectivity index (χ2n) is 3.34. The number of carbonyl (C=O) groups is 1. The summed E-state index contributed by atoms with van der Waals surface area (Å²) in [7, 11) is 0. The van der Waals surface area contributed by atoms with Crippen LogP contribution < -0.4 is 4.74 Å². The molecule has 2 aromatic rings. The van der Waals surface area contributed by atoms with Gasteiger partial charge in [-0.05, 0) is 29.8 Å².